The Hall–Kier alpha value is -2.49. The van der Waals surface area contributed by atoms with Crippen LogP contribution in [0, 0.1) is 19.8 Å². The van der Waals surface area contributed by atoms with Crippen molar-refractivity contribution in [2.24, 2.45) is 5.92 Å². The van der Waals surface area contributed by atoms with Crippen LogP contribution in [-0.4, -0.2) is 25.6 Å². The second-order valence-corrected chi connectivity index (χ2v) is 6.38. The predicted octanol–water partition coefficient (Wildman–Crippen LogP) is 3.78. The van der Waals surface area contributed by atoms with Crippen LogP contribution in [0.5, 0.6) is 5.75 Å². The maximum Gasteiger partial charge on any atom is 0.231 e. The number of nitrogens with zero attached hydrogens (tertiary/aromatic N) is 1. The van der Waals surface area contributed by atoms with Gasteiger partial charge in [-0.2, -0.15) is 0 Å². The van der Waals surface area contributed by atoms with Gasteiger partial charge in [-0.1, -0.05) is 25.1 Å². The lowest BCUT2D eigenvalue weighted by molar-refractivity contribution is -0.121. The number of benzene rings is 2. The van der Waals surface area contributed by atoms with E-state index in [1.165, 1.54) is 11.1 Å². The second-order valence-electron chi connectivity index (χ2n) is 6.38. The van der Waals surface area contributed by atoms with Gasteiger partial charge in [0.05, 0.1) is 23.8 Å². The molecule has 1 heterocycles. The largest absolute Gasteiger partial charge is 0.492 e. The summed E-state index contributed by atoms with van der Waals surface area (Å²) in [7, 11) is 0. The summed E-state index contributed by atoms with van der Waals surface area (Å²) in [6.45, 7) is 7.78. The van der Waals surface area contributed by atoms with Gasteiger partial charge in [0.15, 0.2) is 0 Å². The molecule has 0 radical (unpaired) electrons. The zero-order valence-electron chi connectivity index (χ0n) is 14.5. The number of nitrogens with one attached hydrogen (secondary N) is 1. The van der Waals surface area contributed by atoms with Crippen molar-refractivity contribution >= 4 is 17.3 Å². The van der Waals surface area contributed by atoms with Crippen LogP contribution in [0.2, 0.25) is 0 Å². The average molecular weight is 324 g/mol. The standard InChI is InChI=1S/C20H24N2O2/c1-14-8-9-17(12-15(14)2)24-11-10-22-19-7-5-4-6-18(19)21-13-16(3)20(22)23/h4-9,12,16,21H,10-11,13H2,1-3H3/t16-/m1/s1. The first kappa shape index (κ1) is 16.4. The molecule has 3 rings (SSSR count). The van der Waals surface area contributed by atoms with Crippen molar-refractivity contribution < 1.29 is 9.53 Å². The van der Waals surface area contributed by atoms with E-state index in [2.05, 4.69) is 25.2 Å². The lowest BCUT2D eigenvalue weighted by Crippen LogP contribution is -2.38. The Balaban J connectivity index is 1.72. The number of carbonyl (C=O) groups is 1. The third-order valence-electron chi connectivity index (χ3n) is 4.54. The van der Waals surface area contributed by atoms with Gasteiger partial charge in [0.1, 0.15) is 12.4 Å². The number of amides is 1. The molecule has 4 nitrogen and oxygen atoms in total. The lowest BCUT2D eigenvalue weighted by atomic mass is 10.1. The molecule has 1 aliphatic heterocycles. The van der Waals surface area contributed by atoms with Crippen LogP contribution in [0.1, 0.15) is 18.1 Å². The number of aryl methyl sites for hydroxylation is 2. The van der Waals surface area contributed by atoms with Gasteiger partial charge in [-0.15, -0.1) is 0 Å². The zero-order valence-corrected chi connectivity index (χ0v) is 14.5. The average Bonchev–Trinajstić information content (AvgIpc) is 2.70. The zero-order chi connectivity index (χ0) is 17.1. The second kappa shape index (κ2) is 6.95. The van der Waals surface area contributed by atoms with Crippen molar-refractivity contribution in [2.45, 2.75) is 20.8 Å². The fourth-order valence-corrected chi connectivity index (χ4v) is 2.88. The quantitative estimate of drug-likeness (QED) is 0.930. The highest BCUT2D eigenvalue weighted by Crippen LogP contribution is 2.29. The number of hydrogen-bond acceptors (Lipinski definition) is 3. The molecule has 0 saturated carbocycles. The maximum absolute atomic E-state index is 12.7. The van der Waals surface area contributed by atoms with Crippen LogP contribution >= 0.6 is 0 Å². The number of fused-ring (bicyclic) bond motifs is 1. The number of ether oxygens (including phenoxy) is 1. The molecule has 0 fully saturated rings. The highest BCUT2D eigenvalue weighted by Gasteiger charge is 2.26. The number of para-hydroxylation sites is 2. The van der Waals surface area contributed by atoms with Gasteiger partial charge in [-0.3, -0.25) is 4.79 Å². The Bertz CT molecular complexity index is 742. The first-order valence-corrected chi connectivity index (χ1v) is 8.40. The van der Waals surface area contributed by atoms with E-state index >= 15 is 0 Å². The van der Waals surface area contributed by atoms with Crippen molar-refractivity contribution in [3.8, 4) is 5.75 Å². The summed E-state index contributed by atoms with van der Waals surface area (Å²) in [5.41, 5.74) is 4.39. The van der Waals surface area contributed by atoms with Gasteiger partial charge in [-0.25, -0.2) is 0 Å². The first-order valence-electron chi connectivity index (χ1n) is 8.40. The van der Waals surface area contributed by atoms with Crippen LogP contribution in [0.25, 0.3) is 0 Å². The van der Waals surface area contributed by atoms with Crippen LogP contribution in [0.3, 0.4) is 0 Å². The molecular weight excluding hydrogens is 300 g/mol. The Kier molecular flexibility index (Phi) is 4.74. The number of carbonyl (C=O) groups excluding carboxylic acids is 1. The molecule has 0 spiro atoms. The minimum absolute atomic E-state index is 0.0565. The van der Waals surface area contributed by atoms with Crippen molar-refractivity contribution in [3.63, 3.8) is 0 Å². The molecule has 2 aromatic carbocycles. The molecule has 0 saturated heterocycles. The van der Waals surface area contributed by atoms with E-state index in [0.29, 0.717) is 19.7 Å². The van der Waals surface area contributed by atoms with E-state index < -0.39 is 0 Å². The third kappa shape index (κ3) is 3.37. The van der Waals surface area contributed by atoms with Gasteiger partial charge in [0.25, 0.3) is 0 Å². The molecule has 4 heteroatoms. The molecule has 1 atom stereocenters. The van der Waals surface area contributed by atoms with Gasteiger partial charge >= 0.3 is 0 Å². The Morgan fingerprint density at radius 3 is 2.75 bits per heavy atom. The Morgan fingerprint density at radius 2 is 1.96 bits per heavy atom. The highest BCUT2D eigenvalue weighted by atomic mass is 16.5. The van der Waals surface area contributed by atoms with E-state index in [9.17, 15) is 4.79 Å². The summed E-state index contributed by atoms with van der Waals surface area (Å²) in [6, 6.07) is 14.0. The Morgan fingerprint density at radius 1 is 1.17 bits per heavy atom. The minimum atomic E-state index is -0.0565. The van der Waals surface area contributed by atoms with E-state index in [1.807, 2.05) is 48.2 Å². The lowest BCUT2D eigenvalue weighted by Gasteiger charge is -2.24. The Labute approximate surface area is 143 Å². The van der Waals surface area contributed by atoms with Crippen LogP contribution in [0.4, 0.5) is 11.4 Å². The predicted molar refractivity (Wildman–Crippen MR) is 97.9 cm³/mol. The van der Waals surface area contributed by atoms with Crippen molar-refractivity contribution in [3.05, 3.63) is 53.6 Å². The SMILES string of the molecule is Cc1ccc(OCCN2C(=O)[C@H](C)CNc3ccccc32)cc1C. The van der Waals surface area contributed by atoms with E-state index in [0.717, 1.165) is 17.1 Å². The molecular formula is C20H24N2O2. The summed E-state index contributed by atoms with van der Waals surface area (Å²) in [6.07, 6.45) is 0. The fraction of sp³-hybridized carbons (Fsp3) is 0.350. The third-order valence-corrected chi connectivity index (χ3v) is 4.54. The van der Waals surface area contributed by atoms with Crippen molar-refractivity contribution in [2.75, 3.05) is 29.9 Å². The summed E-state index contributed by atoms with van der Waals surface area (Å²) < 4.78 is 5.87. The van der Waals surface area contributed by atoms with Gasteiger partial charge in [0.2, 0.25) is 5.91 Å². The molecule has 0 unspecified atom stereocenters. The monoisotopic (exact) mass is 324 g/mol. The summed E-state index contributed by atoms with van der Waals surface area (Å²) in [4.78, 5) is 14.5. The van der Waals surface area contributed by atoms with Crippen LogP contribution in [-0.2, 0) is 4.79 Å². The summed E-state index contributed by atoms with van der Waals surface area (Å²) in [5, 5.41) is 3.35. The molecule has 1 aliphatic rings. The normalized spacial score (nSPS) is 17.0. The first-order chi connectivity index (χ1) is 11.6. The molecule has 2 aromatic rings. The number of anilines is 2. The molecule has 0 aromatic heterocycles. The molecule has 0 bridgehead atoms. The van der Waals surface area contributed by atoms with E-state index in [4.69, 9.17) is 4.74 Å². The molecule has 24 heavy (non-hydrogen) atoms. The highest BCUT2D eigenvalue weighted by molar-refractivity contribution is 5.99. The molecule has 1 N–H and O–H groups in total. The molecule has 126 valence electrons. The maximum atomic E-state index is 12.7. The van der Waals surface area contributed by atoms with Crippen LogP contribution < -0.4 is 15.0 Å². The minimum Gasteiger partial charge on any atom is -0.492 e. The van der Waals surface area contributed by atoms with Gasteiger partial charge in [-0.05, 0) is 49.2 Å². The molecule has 1 amide bonds. The van der Waals surface area contributed by atoms with Crippen LogP contribution in [0.15, 0.2) is 42.5 Å². The van der Waals surface area contributed by atoms with E-state index in [1.54, 1.807) is 0 Å². The molecule has 0 aliphatic carbocycles. The fourth-order valence-electron chi connectivity index (χ4n) is 2.88. The van der Waals surface area contributed by atoms with E-state index in [-0.39, 0.29) is 11.8 Å². The van der Waals surface area contributed by atoms with Crippen molar-refractivity contribution in [1.29, 1.82) is 0 Å². The smallest absolute Gasteiger partial charge is 0.231 e. The number of rotatable bonds is 4. The van der Waals surface area contributed by atoms with Gasteiger partial charge < -0.3 is 15.0 Å². The van der Waals surface area contributed by atoms with Gasteiger partial charge in [0, 0.05) is 6.54 Å². The van der Waals surface area contributed by atoms with Crippen molar-refractivity contribution in [1.82, 2.24) is 0 Å². The summed E-state index contributed by atoms with van der Waals surface area (Å²) in [5.74, 6) is 0.926. The number of hydrogen-bond donors (Lipinski definition) is 1. The summed E-state index contributed by atoms with van der Waals surface area (Å²) >= 11 is 0. The topological polar surface area (TPSA) is 41.6 Å².